The molecule has 0 aliphatic heterocycles. The van der Waals surface area contributed by atoms with Gasteiger partial charge in [0.2, 0.25) is 0 Å². The molecule has 14 aromatic carbocycles. The Hall–Kier alpha value is -11.6. The standard InChI is InChI=1S/2C42H34N2O/c1-43(38-16-10-18-40(30-38)45-2)36-25-21-32(22-26-36)33-23-27-37(28-24-33)44(42-20-9-14-34-13-6-7-19-41(34)42)39-17-8-15-35(29-39)31-11-4-3-5-12-31;1-43(37-26-28-40(45-2)29-27-37)36-22-18-32(19-23-36)33-20-24-38(25-21-33)44(42-17-9-13-34-12-6-7-16-41(34)42)39-15-8-14-35(30-39)31-10-4-3-5-11-31/h2*3-30H,1-2H3. The van der Waals surface area contributed by atoms with Crippen molar-refractivity contribution in [3.05, 3.63) is 340 Å². The molecule has 0 spiro atoms. The Balaban J connectivity index is 0.000000165. The first-order valence-corrected chi connectivity index (χ1v) is 30.4. The summed E-state index contributed by atoms with van der Waals surface area (Å²) in [4.78, 5) is 9.08. The molecule has 0 atom stereocenters. The van der Waals surface area contributed by atoms with Crippen LogP contribution in [0.4, 0.5) is 56.9 Å². The minimum Gasteiger partial charge on any atom is -0.497 e. The SMILES string of the molecule is COc1ccc(N(C)c2ccc(-c3ccc(N(c4cccc(-c5ccccc5)c4)c4cccc5ccccc45)cc3)cc2)cc1.COc1cccc(N(C)c2ccc(-c3ccc(N(c4cccc(-c5ccccc5)c4)c4cccc5ccccc45)cc3)cc2)c1. The molecule has 0 aliphatic carbocycles. The lowest BCUT2D eigenvalue weighted by Gasteiger charge is -2.27. The Bertz CT molecular complexity index is 4680. The Morgan fingerprint density at radius 1 is 0.211 bits per heavy atom. The van der Waals surface area contributed by atoms with Crippen LogP contribution in [0.15, 0.2) is 340 Å². The van der Waals surface area contributed by atoms with E-state index in [9.17, 15) is 0 Å². The van der Waals surface area contributed by atoms with E-state index >= 15 is 0 Å². The lowest BCUT2D eigenvalue weighted by molar-refractivity contribution is 0.415. The van der Waals surface area contributed by atoms with Gasteiger partial charge in [0.25, 0.3) is 0 Å². The van der Waals surface area contributed by atoms with Crippen LogP contribution in [0, 0.1) is 0 Å². The van der Waals surface area contributed by atoms with Crippen LogP contribution in [0.3, 0.4) is 0 Å². The predicted molar refractivity (Wildman–Crippen MR) is 381 cm³/mol. The molecule has 0 fully saturated rings. The second-order valence-electron chi connectivity index (χ2n) is 22.2. The van der Waals surface area contributed by atoms with Gasteiger partial charge >= 0.3 is 0 Å². The average Bonchev–Trinajstić information content (AvgIpc) is 1.04. The van der Waals surface area contributed by atoms with Gasteiger partial charge in [0, 0.05) is 76.4 Å². The van der Waals surface area contributed by atoms with Crippen molar-refractivity contribution in [2.75, 3.05) is 47.9 Å². The molecule has 14 aromatic rings. The molecule has 0 bridgehead atoms. The molecule has 6 nitrogen and oxygen atoms in total. The van der Waals surface area contributed by atoms with Crippen LogP contribution in [0.5, 0.6) is 11.5 Å². The molecule has 0 saturated carbocycles. The summed E-state index contributed by atoms with van der Waals surface area (Å²) in [6.07, 6.45) is 0. The first-order chi connectivity index (χ1) is 44.3. The van der Waals surface area contributed by atoms with Gasteiger partial charge in [-0.15, -0.1) is 0 Å². The van der Waals surface area contributed by atoms with E-state index in [0.29, 0.717) is 0 Å². The number of benzene rings is 14. The molecule has 0 aromatic heterocycles. The zero-order valence-corrected chi connectivity index (χ0v) is 50.9. The Labute approximate surface area is 528 Å². The number of fused-ring (bicyclic) bond motifs is 2. The van der Waals surface area contributed by atoms with E-state index < -0.39 is 0 Å². The molecule has 0 N–H and O–H groups in total. The number of hydrogen-bond acceptors (Lipinski definition) is 6. The summed E-state index contributed by atoms with van der Waals surface area (Å²) in [6, 6.07) is 120. The van der Waals surface area contributed by atoms with E-state index in [4.69, 9.17) is 9.47 Å². The first kappa shape index (κ1) is 57.5. The third kappa shape index (κ3) is 12.5. The van der Waals surface area contributed by atoms with Gasteiger partial charge in [-0.05, 0) is 177 Å². The van der Waals surface area contributed by atoms with Gasteiger partial charge in [-0.2, -0.15) is 0 Å². The number of rotatable bonds is 16. The molecule has 0 heterocycles. The fourth-order valence-electron chi connectivity index (χ4n) is 11.9. The normalized spacial score (nSPS) is 10.9. The molecule has 6 heteroatoms. The topological polar surface area (TPSA) is 31.4 Å². The maximum Gasteiger partial charge on any atom is 0.120 e. The van der Waals surface area contributed by atoms with Crippen molar-refractivity contribution in [2.45, 2.75) is 0 Å². The third-order valence-corrected chi connectivity index (χ3v) is 16.8. The van der Waals surface area contributed by atoms with Gasteiger partial charge in [-0.25, -0.2) is 0 Å². The summed E-state index contributed by atoms with van der Waals surface area (Å²) in [5, 5.41) is 4.86. The van der Waals surface area contributed by atoms with Crippen molar-refractivity contribution < 1.29 is 9.47 Å². The van der Waals surface area contributed by atoms with E-state index in [1.54, 1.807) is 14.2 Å². The summed E-state index contributed by atoms with van der Waals surface area (Å²) in [7, 11) is 7.55. The van der Waals surface area contributed by atoms with Gasteiger partial charge in [0.15, 0.2) is 0 Å². The van der Waals surface area contributed by atoms with Crippen LogP contribution < -0.4 is 29.1 Å². The van der Waals surface area contributed by atoms with Crippen molar-refractivity contribution >= 4 is 78.4 Å². The summed E-state index contributed by atoms with van der Waals surface area (Å²) in [5.74, 6) is 1.70. The van der Waals surface area contributed by atoms with Crippen molar-refractivity contribution in [2.24, 2.45) is 0 Å². The Kier molecular flexibility index (Phi) is 17.0. The third-order valence-electron chi connectivity index (χ3n) is 16.8. The van der Waals surface area contributed by atoms with E-state index in [1.165, 1.54) is 66.1 Å². The number of ether oxygens (including phenoxy) is 2. The highest BCUT2D eigenvalue weighted by molar-refractivity contribution is 6.01. The smallest absolute Gasteiger partial charge is 0.120 e. The predicted octanol–water partition coefficient (Wildman–Crippen LogP) is 22.8. The Morgan fingerprint density at radius 2 is 0.522 bits per heavy atom. The number of nitrogens with zero attached hydrogens (tertiary/aromatic N) is 4. The van der Waals surface area contributed by atoms with Crippen LogP contribution in [0.25, 0.3) is 66.1 Å². The van der Waals surface area contributed by atoms with Crippen molar-refractivity contribution in [3.63, 3.8) is 0 Å². The van der Waals surface area contributed by atoms with E-state index in [1.807, 2.05) is 30.3 Å². The largest absolute Gasteiger partial charge is 0.497 e. The van der Waals surface area contributed by atoms with Crippen LogP contribution in [0.1, 0.15) is 0 Å². The molecular weight excluding hydrogens is 1100 g/mol. The summed E-state index contributed by atoms with van der Waals surface area (Å²) >= 11 is 0. The van der Waals surface area contributed by atoms with E-state index in [2.05, 4.69) is 343 Å². The van der Waals surface area contributed by atoms with Crippen LogP contribution in [0.2, 0.25) is 0 Å². The van der Waals surface area contributed by atoms with Crippen LogP contribution >= 0.6 is 0 Å². The van der Waals surface area contributed by atoms with Crippen molar-refractivity contribution in [3.8, 4) is 56.0 Å². The fraction of sp³-hybridized carbons (Fsp3) is 0.0476. The van der Waals surface area contributed by atoms with Crippen molar-refractivity contribution in [1.29, 1.82) is 0 Å². The molecule has 436 valence electrons. The highest BCUT2D eigenvalue weighted by atomic mass is 16.5. The molecule has 0 unspecified atom stereocenters. The maximum atomic E-state index is 5.42. The Morgan fingerprint density at radius 3 is 0.944 bits per heavy atom. The molecule has 0 saturated heterocycles. The maximum absolute atomic E-state index is 5.42. The zero-order chi connectivity index (χ0) is 61.2. The second-order valence-corrected chi connectivity index (χ2v) is 22.2. The minimum atomic E-state index is 0.848. The lowest BCUT2D eigenvalue weighted by Crippen LogP contribution is -2.10. The quantitative estimate of drug-likeness (QED) is 0.0958. The van der Waals surface area contributed by atoms with E-state index in [-0.39, 0.29) is 0 Å². The average molecular weight is 1170 g/mol. The summed E-state index contributed by atoms with van der Waals surface area (Å²) in [6.45, 7) is 0. The summed E-state index contributed by atoms with van der Waals surface area (Å²) in [5.41, 5.74) is 20.7. The monoisotopic (exact) mass is 1160 g/mol. The molecule has 90 heavy (non-hydrogen) atoms. The molecule has 14 rings (SSSR count). The highest BCUT2D eigenvalue weighted by Crippen LogP contribution is 2.43. The van der Waals surface area contributed by atoms with Crippen molar-refractivity contribution in [1.82, 2.24) is 0 Å². The van der Waals surface area contributed by atoms with Gasteiger partial charge in [0.05, 0.1) is 25.6 Å². The van der Waals surface area contributed by atoms with E-state index in [0.717, 1.165) is 68.4 Å². The van der Waals surface area contributed by atoms with Crippen LogP contribution in [-0.4, -0.2) is 28.3 Å². The van der Waals surface area contributed by atoms with Gasteiger partial charge in [0.1, 0.15) is 11.5 Å². The number of hydrogen-bond donors (Lipinski definition) is 0. The van der Waals surface area contributed by atoms with Gasteiger partial charge in [-0.1, -0.05) is 212 Å². The molecule has 0 radical (unpaired) electrons. The first-order valence-electron chi connectivity index (χ1n) is 30.4. The second kappa shape index (κ2) is 26.6. The lowest BCUT2D eigenvalue weighted by atomic mass is 10.0. The highest BCUT2D eigenvalue weighted by Gasteiger charge is 2.19. The molecule has 0 aliphatic rings. The van der Waals surface area contributed by atoms with Crippen LogP contribution in [-0.2, 0) is 0 Å². The molecule has 0 amide bonds. The van der Waals surface area contributed by atoms with Gasteiger partial charge in [-0.3, -0.25) is 0 Å². The zero-order valence-electron chi connectivity index (χ0n) is 50.9. The fourth-order valence-corrected chi connectivity index (χ4v) is 11.9. The summed E-state index contributed by atoms with van der Waals surface area (Å²) < 4.78 is 10.7. The molecular formula is C84H68N4O2. The minimum absolute atomic E-state index is 0.848. The number of anilines is 10. The number of methoxy groups -OCH3 is 2. The van der Waals surface area contributed by atoms with Gasteiger partial charge < -0.3 is 29.1 Å².